The van der Waals surface area contributed by atoms with Gasteiger partial charge < -0.3 is 4.74 Å². The zero-order valence-corrected chi connectivity index (χ0v) is 17.8. The summed E-state index contributed by atoms with van der Waals surface area (Å²) in [5.74, 6) is 1.91. The van der Waals surface area contributed by atoms with Crippen molar-refractivity contribution in [2.24, 2.45) is 0 Å². The number of rotatable bonds is 7. The Morgan fingerprint density at radius 3 is 2.64 bits per heavy atom. The third-order valence-electron chi connectivity index (χ3n) is 4.88. The second-order valence-corrected chi connectivity index (χ2v) is 7.04. The fourth-order valence-corrected chi connectivity index (χ4v) is 3.19. The third-order valence-corrected chi connectivity index (χ3v) is 4.88. The summed E-state index contributed by atoms with van der Waals surface area (Å²) in [6.07, 6.45) is 7.44. The van der Waals surface area contributed by atoms with Gasteiger partial charge in [0.15, 0.2) is 24.1 Å². The summed E-state index contributed by atoms with van der Waals surface area (Å²) in [5, 5.41) is 12.0. The largest absolute Gasteiger partial charge is 0.469 e. The highest BCUT2D eigenvalue weighted by Gasteiger charge is 2.14. The number of ether oxygens (including phenoxy) is 1. The second kappa shape index (κ2) is 9.27. The van der Waals surface area contributed by atoms with Crippen molar-refractivity contribution in [3.8, 4) is 34.5 Å². The first-order valence-corrected chi connectivity index (χ1v) is 10.4. The van der Waals surface area contributed by atoms with Crippen LogP contribution in [0.2, 0.25) is 0 Å². The van der Waals surface area contributed by atoms with Crippen LogP contribution in [0.25, 0.3) is 28.6 Å². The average Bonchev–Trinajstić information content (AvgIpc) is 3.37. The first kappa shape index (κ1) is 20.3. The van der Waals surface area contributed by atoms with Gasteiger partial charge >= 0.3 is 0 Å². The van der Waals surface area contributed by atoms with E-state index in [1.165, 1.54) is 0 Å². The third kappa shape index (κ3) is 4.54. The quantitative estimate of drug-likeness (QED) is 0.378. The Morgan fingerprint density at radius 2 is 1.82 bits per heavy atom. The Labute approximate surface area is 189 Å². The highest BCUT2D eigenvalue weighted by atomic mass is 16.5. The summed E-state index contributed by atoms with van der Waals surface area (Å²) in [7, 11) is 0. The van der Waals surface area contributed by atoms with Gasteiger partial charge in [0.05, 0.1) is 11.9 Å². The summed E-state index contributed by atoms with van der Waals surface area (Å²) in [4.78, 5) is 22.0. The van der Waals surface area contributed by atoms with Crippen LogP contribution in [0, 0.1) is 0 Å². The smallest absolute Gasteiger partial charge is 0.218 e. The molecule has 4 aromatic heterocycles. The molecule has 10 heteroatoms. The zero-order chi connectivity index (χ0) is 22.5. The normalized spacial score (nSPS) is 10.8. The van der Waals surface area contributed by atoms with E-state index in [1.54, 1.807) is 35.5 Å². The van der Waals surface area contributed by atoms with E-state index in [1.807, 2.05) is 42.5 Å². The highest BCUT2D eigenvalue weighted by Crippen LogP contribution is 2.24. The predicted molar refractivity (Wildman–Crippen MR) is 119 cm³/mol. The van der Waals surface area contributed by atoms with Crippen LogP contribution in [0.4, 0.5) is 0 Å². The molecule has 0 amide bonds. The number of hydrogen-bond donors (Lipinski definition) is 0. The van der Waals surface area contributed by atoms with Crippen molar-refractivity contribution in [3.05, 3.63) is 84.7 Å². The molecule has 0 aliphatic carbocycles. The maximum Gasteiger partial charge on any atom is 0.218 e. The lowest BCUT2D eigenvalue weighted by Gasteiger charge is -2.10. The predicted octanol–water partition coefficient (Wildman–Crippen LogP) is 3.11. The Hall–Kier alpha value is -4.60. The van der Waals surface area contributed by atoms with Crippen LogP contribution in [-0.4, -0.2) is 45.1 Å². The molecule has 0 saturated carbocycles. The zero-order valence-electron chi connectivity index (χ0n) is 17.8. The van der Waals surface area contributed by atoms with Crippen molar-refractivity contribution < 1.29 is 4.74 Å². The van der Waals surface area contributed by atoms with Gasteiger partial charge in [-0.05, 0) is 34.5 Å². The van der Waals surface area contributed by atoms with E-state index < -0.39 is 0 Å². The summed E-state index contributed by atoms with van der Waals surface area (Å²) >= 11 is 0. The molecule has 0 radical (unpaired) electrons. The van der Waals surface area contributed by atoms with E-state index in [0.29, 0.717) is 34.7 Å². The van der Waals surface area contributed by atoms with Crippen molar-refractivity contribution >= 4 is 0 Å². The second-order valence-electron chi connectivity index (χ2n) is 7.04. The molecule has 5 aromatic rings. The number of benzene rings is 1. The number of aryl methyl sites for hydroxylation is 1. The van der Waals surface area contributed by atoms with E-state index in [2.05, 4.69) is 47.4 Å². The maximum absolute atomic E-state index is 6.00. The molecule has 0 saturated heterocycles. The molecule has 0 bridgehead atoms. The van der Waals surface area contributed by atoms with Gasteiger partial charge in [-0.25, -0.2) is 15.0 Å². The number of aromatic nitrogens is 9. The molecule has 0 N–H and O–H groups in total. The van der Waals surface area contributed by atoms with E-state index in [-0.39, 0.29) is 6.61 Å². The Morgan fingerprint density at radius 1 is 0.909 bits per heavy atom. The first-order chi connectivity index (χ1) is 16.3. The molecule has 4 heterocycles. The molecule has 33 heavy (non-hydrogen) atoms. The summed E-state index contributed by atoms with van der Waals surface area (Å²) in [6, 6.07) is 15.5. The van der Waals surface area contributed by atoms with Gasteiger partial charge in [0.2, 0.25) is 5.88 Å². The van der Waals surface area contributed by atoms with Crippen LogP contribution < -0.4 is 4.74 Å². The first-order valence-electron chi connectivity index (χ1n) is 10.4. The molecule has 0 unspecified atom stereocenters. The summed E-state index contributed by atoms with van der Waals surface area (Å²) in [5.41, 5.74) is 3.32. The van der Waals surface area contributed by atoms with Crippen LogP contribution in [0.3, 0.4) is 0 Å². The van der Waals surface area contributed by atoms with E-state index >= 15 is 0 Å². The van der Waals surface area contributed by atoms with Crippen LogP contribution in [0.5, 0.6) is 5.88 Å². The molecular formula is C23H19N9O. The van der Waals surface area contributed by atoms with Crippen LogP contribution in [0.1, 0.15) is 18.3 Å². The lowest BCUT2D eigenvalue weighted by Crippen LogP contribution is -2.09. The van der Waals surface area contributed by atoms with Gasteiger partial charge in [-0.3, -0.25) is 4.98 Å². The van der Waals surface area contributed by atoms with E-state index in [9.17, 15) is 0 Å². The molecule has 0 aliphatic rings. The van der Waals surface area contributed by atoms with Gasteiger partial charge in [-0.15, -0.1) is 5.10 Å². The fraction of sp³-hybridized carbons (Fsp3) is 0.130. The molecule has 0 atom stereocenters. The molecular weight excluding hydrogens is 418 g/mol. The summed E-state index contributed by atoms with van der Waals surface area (Å²) in [6.45, 7) is 2.17. The van der Waals surface area contributed by atoms with Crippen molar-refractivity contribution in [1.82, 2.24) is 45.1 Å². The van der Waals surface area contributed by atoms with E-state index in [4.69, 9.17) is 4.74 Å². The molecule has 162 valence electrons. The number of pyridine rings is 1. The van der Waals surface area contributed by atoms with Crippen molar-refractivity contribution in [2.45, 2.75) is 20.0 Å². The Kier molecular flexibility index (Phi) is 5.70. The monoisotopic (exact) mass is 437 g/mol. The minimum Gasteiger partial charge on any atom is -0.469 e. The Bertz CT molecular complexity index is 1300. The Balaban J connectivity index is 1.46. The fourth-order valence-electron chi connectivity index (χ4n) is 3.19. The molecule has 1 aromatic carbocycles. The van der Waals surface area contributed by atoms with Gasteiger partial charge in [0, 0.05) is 30.2 Å². The summed E-state index contributed by atoms with van der Waals surface area (Å²) < 4.78 is 7.56. The van der Waals surface area contributed by atoms with E-state index in [0.717, 1.165) is 17.5 Å². The number of hydrogen-bond acceptors (Lipinski definition) is 9. The molecule has 10 nitrogen and oxygen atoms in total. The molecule has 5 rings (SSSR count). The molecule has 0 fully saturated rings. The van der Waals surface area contributed by atoms with Gasteiger partial charge in [0.25, 0.3) is 0 Å². The minimum atomic E-state index is 0.0934. The van der Waals surface area contributed by atoms with Gasteiger partial charge in [-0.2, -0.15) is 9.67 Å². The maximum atomic E-state index is 6.00. The molecule has 0 aliphatic heterocycles. The van der Waals surface area contributed by atoms with Crippen molar-refractivity contribution in [1.29, 1.82) is 0 Å². The average molecular weight is 437 g/mol. The van der Waals surface area contributed by atoms with Gasteiger partial charge in [0.1, 0.15) is 5.69 Å². The number of tetrazole rings is 1. The van der Waals surface area contributed by atoms with Crippen LogP contribution >= 0.6 is 0 Å². The van der Waals surface area contributed by atoms with Gasteiger partial charge in [-0.1, -0.05) is 37.3 Å². The SMILES string of the molecule is CCc1ccnc(-n2nnnc2COc2cc(-c3ccccc3)nc(-c3cnccn3)n2)c1. The lowest BCUT2D eigenvalue weighted by atomic mass is 10.1. The van der Waals surface area contributed by atoms with Crippen molar-refractivity contribution in [3.63, 3.8) is 0 Å². The lowest BCUT2D eigenvalue weighted by molar-refractivity contribution is 0.280. The standard InChI is InChI=1S/C23H19N9O/c1-2-16-8-9-26-20(12-16)32-21(29-30-31-32)15-33-22-13-18(17-6-4-3-5-7-17)27-23(28-22)19-14-24-10-11-25-19/h3-14H,2,15H2,1H3. The minimum absolute atomic E-state index is 0.0934. The topological polar surface area (TPSA) is 117 Å². The molecule has 0 spiro atoms. The van der Waals surface area contributed by atoms with Crippen LogP contribution in [-0.2, 0) is 13.0 Å². The number of nitrogens with zero attached hydrogens (tertiary/aromatic N) is 9. The van der Waals surface area contributed by atoms with Crippen molar-refractivity contribution in [2.75, 3.05) is 0 Å². The highest BCUT2D eigenvalue weighted by molar-refractivity contribution is 5.63. The van der Waals surface area contributed by atoms with Crippen LogP contribution in [0.15, 0.2) is 73.3 Å².